The van der Waals surface area contributed by atoms with Crippen LogP contribution in [0.25, 0.3) is 0 Å². The lowest BCUT2D eigenvalue weighted by Crippen LogP contribution is -2.36. The van der Waals surface area contributed by atoms with E-state index >= 15 is 0 Å². The smallest absolute Gasteiger partial charge is 0.330 e. The molecule has 8 nitrogen and oxygen atoms in total. The Morgan fingerprint density at radius 1 is 1.30 bits per heavy atom. The molecule has 1 saturated heterocycles. The van der Waals surface area contributed by atoms with Gasteiger partial charge in [0.05, 0.1) is 12.7 Å². The number of rotatable bonds is 8. The highest BCUT2D eigenvalue weighted by Crippen LogP contribution is 2.43. The average Bonchev–Trinajstić information content (AvgIpc) is 2.87. The van der Waals surface area contributed by atoms with Crippen molar-refractivity contribution in [3.63, 3.8) is 0 Å². The first kappa shape index (κ1) is 22.2. The lowest BCUT2D eigenvalue weighted by Gasteiger charge is -2.35. The number of hydrogen-bond acceptors (Lipinski definition) is 6. The molecule has 2 heterocycles. The summed E-state index contributed by atoms with van der Waals surface area (Å²) in [5, 5.41) is 0. The standard InChI is InChI=1S/C18H32N3O5P/c1-11(2)21(12(3)4)27(7)25-10-14-13(5)16(24-6)17(26-14)20-9-8-15(22)19-18(20)23/h8-9,11-14,16-17H,10H2,1-7H3,(H,19,22,23)/t13-,14+,16?,17+,27?/m0/s1. The molecular weight excluding hydrogens is 369 g/mol. The Morgan fingerprint density at radius 3 is 2.44 bits per heavy atom. The Balaban J connectivity index is 2.11. The molecule has 9 heteroatoms. The van der Waals surface area contributed by atoms with E-state index in [1.807, 2.05) is 6.92 Å². The zero-order valence-electron chi connectivity index (χ0n) is 17.2. The molecule has 0 bridgehead atoms. The second-order valence-corrected chi connectivity index (χ2v) is 9.12. The fourth-order valence-electron chi connectivity index (χ4n) is 3.72. The predicted molar refractivity (Wildman–Crippen MR) is 106 cm³/mol. The minimum atomic E-state index is -0.759. The van der Waals surface area contributed by atoms with Gasteiger partial charge in [-0.25, -0.2) is 4.79 Å². The molecule has 1 aliphatic heterocycles. The Labute approximate surface area is 161 Å². The summed E-state index contributed by atoms with van der Waals surface area (Å²) in [4.78, 5) is 25.7. The molecule has 154 valence electrons. The molecule has 0 spiro atoms. The lowest BCUT2D eigenvalue weighted by molar-refractivity contribution is -0.0601. The SMILES string of the molecule is COC1[C@@H](C)[C@@H](COP(C)N(C(C)C)C(C)C)O[C@H]1n1ccc(=O)[nH]c1=O. The molecule has 0 aromatic carbocycles. The van der Waals surface area contributed by atoms with E-state index in [4.69, 9.17) is 14.0 Å². The maximum Gasteiger partial charge on any atom is 0.330 e. The summed E-state index contributed by atoms with van der Waals surface area (Å²) < 4.78 is 21.6. The van der Waals surface area contributed by atoms with Crippen molar-refractivity contribution in [3.8, 4) is 0 Å². The van der Waals surface area contributed by atoms with Crippen LogP contribution in [0.3, 0.4) is 0 Å². The van der Waals surface area contributed by atoms with Gasteiger partial charge in [0.2, 0.25) is 0 Å². The van der Waals surface area contributed by atoms with Crippen molar-refractivity contribution in [3.05, 3.63) is 33.1 Å². The third-order valence-corrected chi connectivity index (χ3v) is 7.00. The van der Waals surface area contributed by atoms with Crippen LogP contribution in [0, 0.1) is 5.92 Å². The molecule has 1 N–H and O–H groups in total. The maximum absolute atomic E-state index is 12.1. The van der Waals surface area contributed by atoms with E-state index in [2.05, 4.69) is 44.0 Å². The Hall–Kier alpha value is -1.05. The minimum Gasteiger partial charge on any atom is -0.376 e. The van der Waals surface area contributed by atoms with Crippen molar-refractivity contribution < 1.29 is 14.0 Å². The fourth-order valence-corrected chi connectivity index (χ4v) is 5.52. The summed E-state index contributed by atoms with van der Waals surface area (Å²) in [5.41, 5.74) is -0.943. The predicted octanol–water partition coefficient (Wildman–Crippen LogP) is 2.16. The molecule has 1 fully saturated rings. The van der Waals surface area contributed by atoms with Gasteiger partial charge in [-0.1, -0.05) is 6.92 Å². The molecule has 2 unspecified atom stereocenters. The van der Waals surface area contributed by atoms with E-state index in [0.29, 0.717) is 18.7 Å². The first-order valence-corrected chi connectivity index (χ1v) is 11.0. The maximum atomic E-state index is 12.1. The molecule has 0 amide bonds. The van der Waals surface area contributed by atoms with E-state index in [9.17, 15) is 9.59 Å². The van der Waals surface area contributed by atoms with Crippen molar-refractivity contribution in [2.45, 2.75) is 65.1 Å². The number of nitrogens with zero attached hydrogens (tertiary/aromatic N) is 2. The zero-order valence-corrected chi connectivity index (χ0v) is 18.1. The third-order valence-electron chi connectivity index (χ3n) is 4.91. The van der Waals surface area contributed by atoms with E-state index in [1.165, 1.54) is 16.8 Å². The quantitative estimate of drug-likeness (QED) is 0.672. The zero-order chi connectivity index (χ0) is 20.3. The van der Waals surface area contributed by atoms with E-state index in [0.717, 1.165) is 0 Å². The van der Waals surface area contributed by atoms with Crippen LogP contribution in [0.5, 0.6) is 0 Å². The van der Waals surface area contributed by atoms with E-state index in [1.54, 1.807) is 7.11 Å². The Bertz CT molecular complexity index is 711. The number of methoxy groups -OCH3 is 1. The van der Waals surface area contributed by atoms with Gasteiger partial charge >= 0.3 is 5.69 Å². The molecule has 27 heavy (non-hydrogen) atoms. The van der Waals surface area contributed by atoms with Gasteiger partial charge in [0.1, 0.15) is 14.4 Å². The summed E-state index contributed by atoms with van der Waals surface area (Å²) in [6, 6.07) is 2.09. The van der Waals surface area contributed by atoms with E-state index in [-0.39, 0.29) is 18.1 Å². The van der Waals surface area contributed by atoms with Gasteiger partial charge in [0.15, 0.2) is 6.23 Å². The summed E-state index contributed by atoms with van der Waals surface area (Å²) >= 11 is 0. The van der Waals surface area contributed by atoms with Gasteiger partial charge in [-0.3, -0.25) is 19.0 Å². The molecule has 2 rings (SSSR count). The third kappa shape index (κ3) is 5.06. The first-order valence-electron chi connectivity index (χ1n) is 9.32. The number of hydrogen-bond donors (Lipinski definition) is 1. The molecule has 0 radical (unpaired) electrons. The Kier molecular flexibility index (Phi) is 7.77. The van der Waals surface area contributed by atoms with Gasteiger partial charge < -0.3 is 14.0 Å². The summed E-state index contributed by atoms with van der Waals surface area (Å²) in [5.74, 6) is 0.0359. The second-order valence-electron chi connectivity index (χ2n) is 7.47. The topological polar surface area (TPSA) is 85.8 Å². The van der Waals surface area contributed by atoms with Crippen LogP contribution in [0.4, 0.5) is 0 Å². The highest BCUT2D eigenvalue weighted by molar-refractivity contribution is 7.49. The van der Waals surface area contributed by atoms with Crippen molar-refractivity contribution in [2.75, 3.05) is 20.4 Å². The average molecular weight is 401 g/mol. The summed E-state index contributed by atoms with van der Waals surface area (Å²) in [7, 11) is 0.841. The molecule has 1 aromatic heterocycles. The number of ether oxygens (including phenoxy) is 2. The van der Waals surface area contributed by atoms with Crippen LogP contribution in [-0.4, -0.2) is 58.9 Å². The van der Waals surface area contributed by atoms with Crippen molar-refractivity contribution in [1.82, 2.24) is 14.2 Å². The molecular formula is C18H32N3O5P. The molecule has 0 aliphatic carbocycles. The molecule has 5 atom stereocenters. The van der Waals surface area contributed by atoms with Crippen LogP contribution in [0.1, 0.15) is 40.8 Å². The van der Waals surface area contributed by atoms with Crippen molar-refractivity contribution in [2.24, 2.45) is 5.92 Å². The minimum absolute atomic E-state index is 0.0359. The van der Waals surface area contributed by atoms with Gasteiger partial charge in [-0.05, 0) is 34.4 Å². The monoisotopic (exact) mass is 401 g/mol. The number of aromatic nitrogens is 2. The highest BCUT2D eigenvalue weighted by atomic mass is 31.2. The molecule has 1 aromatic rings. The summed E-state index contributed by atoms with van der Waals surface area (Å²) in [6.07, 6.45) is 0.332. The number of aromatic amines is 1. The lowest BCUT2D eigenvalue weighted by atomic mass is 10.0. The van der Waals surface area contributed by atoms with Crippen LogP contribution in [-0.2, 0) is 14.0 Å². The molecule has 1 aliphatic rings. The number of H-pyrrole nitrogens is 1. The van der Waals surface area contributed by atoms with Gasteiger partial charge in [-0.2, -0.15) is 0 Å². The second kappa shape index (κ2) is 9.43. The van der Waals surface area contributed by atoms with Crippen molar-refractivity contribution >= 4 is 8.30 Å². The fraction of sp³-hybridized carbons (Fsp3) is 0.778. The molecule has 0 saturated carbocycles. The Morgan fingerprint density at radius 2 is 1.93 bits per heavy atom. The first-order chi connectivity index (χ1) is 12.7. The van der Waals surface area contributed by atoms with Crippen LogP contribution in [0.2, 0.25) is 0 Å². The number of nitrogens with one attached hydrogen (secondary N) is 1. The summed E-state index contributed by atoms with van der Waals surface area (Å²) in [6.45, 7) is 13.2. The van der Waals surface area contributed by atoms with Crippen LogP contribution >= 0.6 is 8.30 Å². The van der Waals surface area contributed by atoms with E-state index < -0.39 is 25.8 Å². The normalized spacial score (nSPS) is 27.0. The van der Waals surface area contributed by atoms with Crippen LogP contribution in [0.15, 0.2) is 21.9 Å². The van der Waals surface area contributed by atoms with Gasteiger partial charge in [-0.15, -0.1) is 0 Å². The largest absolute Gasteiger partial charge is 0.376 e. The van der Waals surface area contributed by atoms with Gasteiger partial charge in [0.25, 0.3) is 5.56 Å². The van der Waals surface area contributed by atoms with Crippen LogP contribution < -0.4 is 11.2 Å². The van der Waals surface area contributed by atoms with Gasteiger partial charge in [0, 0.05) is 37.4 Å². The van der Waals surface area contributed by atoms with Crippen molar-refractivity contribution in [1.29, 1.82) is 0 Å². The highest BCUT2D eigenvalue weighted by Gasteiger charge is 2.44.